The molecule has 0 amide bonds. The smallest absolute Gasteiger partial charge is 0.368 e. The molecule has 1 aromatic heterocycles. The summed E-state index contributed by atoms with van der Waals surface area (Å²) in [6.45, 7) is 0. The summed E-state index contributed by atoms with van der Waals surface area (Å²) in [5.41, 5.74) is 2.34. The lowest BCUT2D eigenvalue weighted by atomic mass is 10.0. The molecule has 140 valence electrons. The van der Waals surface area contributed by atoms with Crippen molar-refractivity contribution in [2.45, 2.75) is 0 Å². The van der Waals surface area contributed by atoms with E-state index >= 15 is 0 Å². The van der Waals surface area contributed by atoms with E-state index < -0.39 is 5.97 Å². The van der Waals surface area contributed by atoms with Crippen molar-refractivity contribution < 1.29 is 18.8 Å². The van der Waals surface area contributed by atoms with Gasteiger partial charge in [-0.2, -0.15) is 0 Å². The Morgan fingerprint density at radius 1 is 1.11 bits per heavy atom. The number of benzene rings is 2. The van der Waals surface area contributed by atoms with E-state index in [4.69, 9.17) is 25.6 Å². The Kier molecular flexibility index (Phi) is 5.07. The van der Waals surface area contributed by atoms with E-state index in [1.807, 2.05) is 30.3 Å². The van der Waals surface area contributed by atoms with Crippen molar-refractivity contribution >= 4 is 45.3 Å². The van der Waals surface area contributed by atoms with Crippen LogP contribution in [0.1, 0.15) is 11.3 Å². The predicted molar refractivity (Wildman–Crippen MR) is 110 cm³/mol. The van der Waals surface area contributed by atoms with Crippen LogP contribution in [0.15, 0.2) is 74.2 Å². The average molecular weight is 459 g/mol. The fraction of sp³-hybridized carbons (Fsp3) is 0.0476. The minimum Gasteiger partial charge on any atom is -0.495 e. The molecule has 0 bridgehead atoms. The summed E-state index contributed by atoms with van der Waals surface area (Å²) < 4.78 is 11.9. The molecule has 2 heterocycles. The maximum Gasteiger partial charge on any atom is 0.368 e. The maximum absolute atomic E-state index is 12.1. The van der Waals surface area contributed by atoms with Gasteiger partial charge in [-0.1, -0.05) is 44.8 Å². The topological polar surface area (TPSA) is 61.0 Å². The number of carbonyl (C=O) groups excluding carboxylic acids is 1. The number of halogens is 2. The lowest BCUT2D eigenvalue weighted by Crippen LogP contribution is -2.06. The van der Waals surface area contributed by atoms with Crippen LogP contribution in [0.25, 0.3) is 17.4 Å². The largest absolute Gasteiger partial charge is 0.495 e. The third-order valence-corrected chi connectivity index (χ3v) is 4.93. The molecule has 0 N–H and O–H groups in total. The second-order valence-corrected chi connectivity index (χ2v) is 7.26. The zero-order chi connectivity index (χ0) is 19.7. The molecule has 1 aliphatic rings. The van der Waals surface area contributed by atoms with E-state index in [1.165, 1.54) is 0 Å². The van der Waals surface area contributed by atoms with E-state index in [1.54, 1.807) is 37.5 Å². The molecule has 3 aromatic rings. The van der Waals surface area contributed by atoms with Gasteiger partial charge in [-0.15, -0.1) is 0 Å². The quantitative estimate of drug-likeness (QED) is 0.371. The minimum absolute atomic E-state index is 0.326. The molecule has 0 radical (unpaired) electrons. The number of carbonyl (C=O) groups is 1. The summed E-state index contributed by atoms with van der Waals surface area (Å²) in [6, 6.07) is 16.4. The first kappa shape index (κ1) is 18.5. The van der Waals surface area contributed by atoms with Crippen molar-refractivity contribution in [3.63, 3.8) is 0 Å². The normalized spacial score (nSPS) is 14.9. The van der Waals surface area contributed by atoms with E-state index in [2.05, 4.69) is 21.1 Å². The number of nitrogens with zero attached hydrogens (tertiary/aromatic N) is 1. The SMILES string of the molecule is COc1ccc(-c2ccc(/C=C3\C(=O)ON=C3c3cccc(Br)c3)o2)cc1Cl. The molecule has 5 nitrogen and oxygen atoms in total. The van der Waals surface area contributed by atoms with Crippen LogP contribution in [0.5, 0.6) is 5.75 Å². The van der Waals surface area contributed by atoms with Crippen LogP contribution in [-0.2, 0) is 9.63 Å². The van der Waals surface area contributed by atoms with Crippen LogP contribution in [0.2, 0.25) is 5.02 Å². The van der Waals surface area contributed by atoms with Crippen molar-refractivity contribution in [1.29, 1.82) is 0 Å². The molecular weight excluding hydrogens is 446 g/mol. The molecule has 0 fully saturated rings. The van der Waals surface area contributed by atoms with Crippen molar-refractivity contribution in [2.24, 2.45) is 5.16 Å². The highest BCUT2D eigenvalue weighted by atomic mass is 79.9. The Morgan fingerprint density at radius 2 is 1.96 bits per heavy atom. The second-order valence-electron chi connectivity index (χ2n) is 5.94. The number of hydrogen-bond acceptors (Lipinski definition) is 5. The Bertz CT molecular complexity index is 1130. The van der Waals surface area contributed by atoms with Crippen LogP contribution in [-0.4, -0.2) is 18.8 Å². The summed E-state index contributed by atoms with van der Waals surface area (Å²) in [5, 5.41) is 4.39. The molecule has 0 spiro atoms. The van der Waals surface area contributed by atoms with E-state index in [9.17, 15) is 4.79 Å². The van der Waals surface area contributed by atoms with Crippen molar-refractivity contribution in [1.82, 2.24) is 0 Å². The third-order valence-electron chi connectivity index (χ3n) is 4.14. The van der Waals surface area contributed by atoms with Crippen LogP contribution in [0, 0.1) is 0 Å². The predicted octanol–water partition coefficient (Wildman–Crippen LogP) is 5.72. The van der Waals surface area contributed by atoms with Gasteiger partial charge in [0.05, 0.1) is 17.7 Å². The Labute approximate surface area is 174 Å². The molecule has 0 aliphatic carbocycles. The first-order chi connectivity index (χ1) is 13.5. The van der Waals surface area contributed by atoms with Gasteiger partial charge in [0.2, 0.25) is 0 Å². The van der Waals surface area contributed by atoms with Crippen LogP contribution < -0.4 is 4.74 Å². The van der Waals surface area contributed by atoms with Gasteiger partial charge in [0.1, 0.15) is 23.0 Å². The average Bonchev–Trinajstić information content (AvgIpc) is 3.29. The molecule has 4 rings (SSSR count). The molecular formula is C21H13BrClNO4. The minimum atomic E-state index is -0.527. The third kappa shape index (κ3) is 3.61. The number of oxime groups is 1. The van der Waals surface area contributed by atoms with Gasteiger partial charge in [-0.3, -0.25) is 0 Å². The van der Waals surface area contributed by atoms with E-state index in [0.29, 0.717) is 33.6 Å². The first-order valence-corrected chi connectivity index (χ1v) is 9.43. The Morgan fingerprint density at radius 3 is 2.71 bits per heavy atom. The molecule has 28 heavy (non-hydrogen) atoms. The molecule has 0 atom stereocenters. The molecule has 7 heteroatoms. The van der Waals surface area contributed by atoms with Gasteiger partial charge in [0.15, 0.2) is 0 Å². The second kappa shape index (κ2) is 7.66. The summed E-state index contributed by atoms with van der Waals surface area (Å²) in [6.07, 6.45) is 1.61. The van der Waals surface area contributed by atoms with Gasteiger partial charge >= 0.3 is 5.97 Å². The zero-order valence-electron chi connectivity index (χ0n) is 14.6. The number of furan rings is 1. The lowest BCUT2D eigenvalue weighted by Gasteiger charge is -2.04. The summed E-state index contributed by atoms with van der Waals surface area (Å²) in [5.74, 6) is 1.17. The lowest BCUT2D eigenvalue weighted by molar-refractivity contribution is -0.136. The highest BCUT2D eigenvalue weighted by molar-refractivity contribution is 9.10. The Balaban J connectivity index is 1.66. The highest BCUT2D eigenvalue weighted by Gasteiger charge is 2.27. The van der Waals surface area contributed by atoms with Crippen molar-refractivity contribution in [3.05, 3.63) is 81.0 Å². The molecule has 0 unspecified atom stereocenters. The highest BCUT2D eigenvalue weighted by Crippen LogP contribution is 2.32. The molecule has 2 aromatic carbocycles. The first-order valence-electron chi connectivity index (χ1n) is 8.26. The van der Waals surface area contributed by atoms with Gasteiger partial charge < -0.3 is 14.0 Å². The molecule has 0 saturated carbocycles. The number of rotatable bonds is 4. The monoisotopic (exact) mass is 457 g/mol. The number of methoxy groups -OCH3 is 1. The fourth-order valence-corrected chi connectivity index (χ4v) is 3.46. The van der Waals surface area contributed by atoms with Crippen molar-refractivity contribution in [3.8, 4) is 17.1 Å². The van der Waals surface area contributed by atoms with Crippen molar-refractivity contribution in [2.75, 3.05) is 7.11 Å². The van der Waals surface area contributed by atoms with E-state index in [0.717, 1.165) is 15.6 Å². The van der Waals surface area contributed by atoms with Gasteiger partial charge in [-0.25, -0.2) is 4.79 Å². The fourth-order valence-electron chi connectivity index (χ4n) is 2.80. The van der Waals surface area contributed by atoms with Crippen LogP contribution in [0.4, 0.5) is 0 Å². The maximum atomic E-state index is 12.1. The zero-order valence-corrected chi connectivity index (χ0v) is 17.0. The standard InChI is InChI=1S/C21H13BrClNO4/c1-26-19-7-5-12(10-17(19)23)18-8-6-15(27-18)11-16-20(24-28-21(16)25)13-3-2-4-14(22)9-13/h2-11H,1H3/b16-11-. The van der Waals surface area contributed by atoms with Gasteiger partial charge in [0.25, 0.3) is 0 Å². The summed E-state index contributed by atoms with van der Waals surface area (Å²) in [4.78, 5) is 17.0. The molecule has 1 aliphatic heterocycles. The van der Waals surface area contributed by atoms with Crippen LogP contribution >= 0.6 is 27.5 Å². The molecule has 0 saturated heterocycles. The summed E-state index contributed by atoms with van der Waals surface area (Å²) in [7, 11) is 1.56. The number of ether oxygens (including phenoxy) is 1. The van der Waals surface area contributed by atoms with Gasteiger partial charge in [-0.05, 0) is 48.5 Å². The van der Waals surface area contributed by atoms with E-state index in [-0.39, 0.29) is 0 Å². The summed E-state index contributed by atoms with van der Waals surface area (Å²) >= 11 is 9.60. The van der Waals surface area contributed by atoms with Crippen LogP contribution in [0.3, 0.4) is 0 Å². The number of hydrogen-bond donors (Lipinski definition) is 0. The van der Waals surface area contributed by atoms with Gasteiger partial charge in [0, 0.05) is 15.6 Å². The Hall–Kier alpha value is -2.83.